The number of carbonyl (C=O) groups excluding carboxylic acids is 1. The lowest BCUT2D eigenvalue weighted by molar-refractivity contribution is 0.0918. The summed E-state index contributed by atoms with van der Waals surface area (Å²) in [6.45, 7) is -0.0548. The minimum atomic E-state index is -0.100. The average molecular weight is 485 g/mol. The van der Waals surface area contributed by atoms with E-state index in [1.807, 2.05) is 12.1 Å². The number of hydrogen-bond donors (Lipinski definition) is 0. The SMILES string of the molecule is COc1cccc(Br)c1OCC(=O)c1cc(Br)sc1Br. The first-order chi connectivity index (χ1) is 9.52. The molecule has 0 saturated carbocycles. The third kappa shape index (κ3) is 3.63. The quantitative estimate of drug-likeness (QED) is 0.540. The molecule has 0 saturated heterocycles. The van der Waals surface area contributed by atoms with Crippen molar-refractivity contribution in [2.24, 2.45) is 0 Å². The maximum Gasteiger partial charge on any atom is 0.202 e. The summed E-state index contributed by atoms with van der Waals surface area (Å²) in [4.78, 5) is 12.1. The van der Waals surface area contributed by atoms with E-state index in [0.717, 1.165) is 12.0 Å². The number of ketones is 1. The maximum atomic E-state index is 12.1. The van der Waals surface area contributed by atoms with Gasteiger partial charge in [-0.3, -0.25) is 4.79 Å². The Kier molecular flexibility index (Phi) is 5.65. The van der Waals surface area contributed by atoms with Crippen LogP contribution in [0.2, 0.25) is 0 Å². The summed E-state index contributed by atoms with van der Waals surface area (Å²) in [5.41, 5.74) is 0.605. The summed E-state index contributed by atoms with van der Waals surface area (Å²) in [6.07, 6.45) is 0. The molecule has 0 amide bonds. The van der Waals surface area contributed by atoms with Crippen LogP contribution in [-0.2, 0) is 0 Å². The van der Waals surface area contributed by atoms with Gasteiger partial charge < -0.3 is 9.47 Å². The molecule has 0 aliphatic rings. The van der Waals surface area contributed by atoms with Crippen molar-refractivity contribution in [1.82, 2.24) is 0 Å². The van der Waals surface area contributed by atoms with Crippen LogP contribution in [-0.4, -0.2) is 19.5 Å². The largest absolute Gasteiger partial charge is 0.493 e. The monoisotopic (exact) mass is 482 g/mol. The molecule has 20 heavy (non-hydrogen) atoms. The molecule has 0 N–H and O–H groups in total. The zero-order chi connectivity index (χ0) is 14.7. The lowest BCUT2D eigenvalue weighted by Crippen LogP contribution is -2.12. The van der Waals surface area contributed by atoms with Gasteiger partial charge in [0.2, 0.25) is 5.78 Å². The van der Waals surface area contributed by atoms with Crippen LogP contribution in [0.4, 0.5) is 0 Å². The molecular formula is C13H9Br3O3S. The Balaban J connectivity index is 2.13. The summed E-state index contributed by atoms with van der Waals surface area (Å²) < 4.78 is 13.2. The van der Waals surface area contributed by atoms with Gasteiger partial charge in [0.05, 0.1) is 19.2 Å². The van der Waals surface area contributed by atoms with E-state index in [1.54, 1.807) is 19.2 Å². The molecule has 2 rings (SSSR count). The normalized spacial score (nSPS) is 10.4. The number of thiophene rings is 1. The Bertz CT molecular complexity index is 640. The Hall–Kier alpha value is -0.370. The van der Waals surface area contributed by atoms with Crippen molar-refractivity contribution >= 4 is 64.9 Å². The minimum Gasteiger partial charge on any atom is -0.493 e. The van der Waals surface area contributed by atoms with E-state index >= 15 is 0 Å². The van der Waals surface area contributed by atoms with Gasteiger partial charge in [0.25, 0.3) is 0 Å². The van der Waals surface area contributed by atoms with E-state index in [0.29, 0.717) is 17.1 Å². The Labute approximate surface area is 145 Å². The predicted molar refractivity (Wildman–Crippen MR) is 90.2 cm³/mol. The number of halogens is 3. The fraction of sp³-hybridized carbons (Fsp3) is 0.154. The molecule has 1 heterocycles. The molecule has 0 atom stereocenters. The number of rotatable bonds is 5. The van der Waals surface area contributed by atoms with Crippen molar-refractivity contribution in [3.8, 4) is 11.5 Å². The molecule has 0 unspecified atom stereocenters. The summed E-state index contributed by atoms with van der Waals surface area (Å²) >= 11 is 11.5. The zero-order valence-electron chi connectivity index (χ0n) is 10.3. The van der Waals surface area contributed by atoms with Crippen LogP contribution >= 0.6 is 59.1 Å². The fourth-order valence-corrected chi connectivity index (χ4v) is 4.85. The average Bonchev–Trinajstić information content (AvgIpc) is 2.75. The van der Waals surface area contributed by atoms with E-state index in [-0.39, 0.29) is 12.4 Å². The smallest absolute Gasteiger partial charge is 0.202 e. The number of carbonyl (C=O) groups is 1. The Morgan fingerprint density at radius 1 is 1.30 bits per heavy atom. The molecule has 3 nitrogen and oxygen atoms in total. The van der Waals surface area contributed by atoms with Crippen LogP contribution in [0, 0.1) is 0 Å². The van der Waals surface area contributed by atoms with Gasteiger partial charge in [-0.2, -0.15) is 0 Å². The van der Waals surface area contributed by atoms with Crippen LogP contribution in [0.1, 0.15) is 10.4 Å². The van der Waals surface area contributed by atoms with Crippen LogP contribution < -0.4 is 9.47 Å². The van der Waals surface area contributed by atoms with Gasteiger partial charge in [-0.05, 0) is 66.0 Å². The highest BCUT2D eigenvalue weighted by Gasteiger charge is 2.16. The summed E-state index contributed by atoms with van der Waals surface area (Å²) in [7, 11) is 1.56. The molecule has 0 fully saturated rings. The highest BCUT2D eigenvalue weighted by Crippen LogP contribution is 2.36. The van der Waals surface area contributed by atoms with Crippen molar-refractivity contribution in [2.75, 3.05) is 13.7 Å². The summed E-state index contributed by atoms with van der Waals surface area (Å²) in [5.74, 6) is 1.00. The highest BCUT2D eigenvalue weighted by atomic mass is 79.9. The van der Waals surface area contributed by atoms with E-state index in [9.17, 15) is 4.79 Å². The van der Waals surface area contributed by atoms with Crippen LogP contribution in [0.25, 0.3) is 0 Å². The maximum absolute atomic E-state index is 12.1. The Morgan fingerprint density at radius 2 is 2.05 bits per heavy atom. The van der Waals surface area contributed by atoms with Crippen LogP contribution in [0.5, 0.6) is 11.5 Å². The van der Waals surface area contributed by atoms with Gasteiger partial charge in [0, 0.05) is 5.56 Å². The number of benzene rings is 1. The molecule has 106 valence electrons. The number of para-hydroxylation sites is 1. The number of hydrogen-bond acceptors (Lipinski definition) is 4. The third-order valence-electron chi connectivity index (χ3n) is 2.46. The molecule has 0 aliphatic carbocycles. The van der Waals surface area contributed by atoms with E-state index in [4.69, 9.17) is 9.47 Å². The van der Waals surface area contributed by atoms with Gasteiger partial charge in [-0.1, -0.05) is 6.07 Å². The molecule has 0 bridgehead atoms. The second-order valence-electron chi connectivity index (χ2n) is 3.72. The number of methoxy groups -OCH3 is 1. The topological polar surface area (TPSA) is 35.5 Å². The third-order valence-corrected chi connectivity index (χ3v) is 5.42. The highest BCUT2D eigenvalue weighted by molar-refractivity contribution is 9.12. The fourth-order valence-electron chi connectivity index (χ4n) is 1.54. The van der Waals surface area contributed by atoms with Crippen LogP contribution in [0.15, 0.2) is 36.3 Å². The number of ether oxygens (including phenoxy) is 2. The van der Waals surface area contributed by atoms with E-state index in [1.165, 1.54) is 11.3 Å². The lowest BCUT2D eigenvalue weighted by Gasteiger charge is -2.11. The summed E-state index contributed by atoms with van der Waals surface area (Å²) in [5, 5.41) is 0. The molecule has 0 radical (unpaired) electrons. The molecule has 0 aliphatic heterocycles. The van der Waals surface area contributed by atoms with E-state index < -0.39 is 0 Å². The van der Waals surface area contributed by atoms with Crippen molar-refractivity contribution in [1.29, 1.82) is 0 Å². The van der Waals surface area contributed by atoms with Gasteiger partial charge in [-0.25, -0.2) is 0 Å². The van der Waals surface area contributed by atoms with Gasteiger partial charge in [0.1, 0.15) is 0 Å². The first kappa shape index (κ1) is 16.0. The molecule has 0 spiro atoms. The van der Waals surface area contributed by atoms with Crippen molar-refractivity contribution in [3.63, 3.8) is 0 Å². The lowest BCUT2D eigenvalue weighted by atomic mass is 10.2. The van der Waals surface area contributed by atoms with Gasteiger partial charge >= 0.3 is 0 Å². The van der Waals surface area contributed by atoms with Gasteiger partial charge in [0.15, 0.2) is 18.1 Å². The second kappa shape index (κ2) is 7.06. The van der Waals surface area contributed by atoms with Crippen molar-refractivity contribution < 1.29 is 14.3 Å². The number of Topliss-reactive ketones (excluding diaryl/α,β-unsaturated/α-hetero) is 1. The molecule has 7 heteroatoms. The predicted octanol–water partition coefficient (Wildman–Crippen LogP) is 5.31. The second-order valence-corrected chi connectivity index (χ2v) is 8.32. The molecule has 1 aromatic carbocycles. The van der Waals surface area contributed by atoms with Crippen LogP contribution in [0.3, 0.4) is 0 Å². The minimum absolute atomic E-state index is 0.0548. The van der Waals surface area contributed by atoms with Crippen molar-refractivity contribution in [2.45, 2.75) is 0 Å². The van der Waals surface area contributed by atoms with E-state index in [2.05, 4.69) is 47.8 Å². The molecule has 1 aromatic heterocycles. The first-order valence-electron chi connectivity index (χ1n) is 5.46. The summed E-state index contributed by atoms with van der Waals surface area (Å²) in [6, 6.07) is 7.23. The zero-order valence-corrected chi connectivity index (χ0v) is 15.9. The Morgan fingerprint density at radius 3 is 2.65 bits per heavy atom. The standard InChI is InChI=1S/C13H9Br3O3S/c1-18-10-4-2-3-8(14)12(10)19-6-9(17)7-5-11(15)20-13(7)16/h2-5H,6H2,1H3. The van der Waals surface area contributed by atoms with Gasteiger partial charge in [-0.15, -0.1) is 11.3 Å². The van der Waals surface area contributed by atoms with Crippen molar-refractivity contribution in [3.05, 3.63) is 41.9 Å². The molecular weight excluding hydrogens is 476 g/mol. The first-order valence-corrected chi connectivity index (χ1v) is 8.65. The molecule has 2 aromatic rings.